The minimum atomic E-state index is -4.61. The molecule has 2 aromatic rings. The maximum atomic E-state index is 13.4. The van der Waals surface area contributed by atoms with E-state index < -0.39 is 23.3 Å². The molecule has 2 aliphatic heterocycles. The number of amides is 2. The van der Waals surface area contributed by atoms with Crippen LogP contribution in [0.2, 0.25) is 0 Å². The van der Waals surface area contributed by atoms with Crippen molar-refractivity contribution in [1.82, 2.24) is 15.2 Å². The van der Waals surface area contributed by atoms with E-state index in [2.05, 4.69) is 10.3 Å². The highest BCUT2D eigenvalue weighted by Crippen LogP contribution is 2.45. The van der Waals surface area contributed by atoms with E-state index >= 15 is 0 Å². The Hall–Kier alpha value is -3.61. The molecular weight excluding hydrogens is 447 g/mol. The van der Waals surface area contributed by atoms with E-state index in [1.165, 1.54) is 25.4 Å². The summed E-state index contributed by atoms with van der Waals surface area (Å²) in [7, 11) is 1.53. The summed E-state index contributed by atoms with van der Waals surface area (Å²) in [6, 6.07) is 9.77. The third-order valence-corrected chi connectivity index (χ3v) is 6.82. The summed E-state index contributed by atoms with van der Waals surface area (Å²) in [6.45, 7) is 1.35. The molecule has 2 fully saturated rings. The van der Waals surface area contributed by atoms with Gasteiger partial charge in [-0.05, 0) is 55.0 Å². The Morgan fingerprint density at radius 2 is 1.94 bits per heavy atom. The van der Waals surface area contributed by atoms with Gasteiger partial charge in [0.1, 0.15) is 11.7 Å². The van der Waals surface area contributed by atoms with Gasteiger partial charge >= 0.3 is 6.18 Å². The van der Waals surface area contributed by atoms with Crippen molar-refractivity contribution in [1.29, 1.82) is 5.26 Å². The van der Waals surface area contributed by atoms with Crippen molar-refractivity contribution >= 4 is 17.5 Å². The first-order chi connectivity index (χ1) is 16.2. The first-order valence-electron chi connectivity index (χ1n) is 11.0. The molecule has 1 spiro atoms. The van der Waals surface area contributed by atoms with Crippen molar-refractivity contribution in [3.05, 3.63) is 59.4 Å². The molecule has 2 saturated heterocycles. The van der Waals surface area contributed by atoms with Gasteiger partial charge in [-0.3, -0.25) is 14.6 Å². The number of nitrogens with one attached hydrogen (secondary N) is 1. The van der Waals surface area contributed by atoms with Crippen LogP contribution in [0.25, 0.3) is 0 Å². The van der Waals surface area contributed by atoms with Crippen LogP contribution in [0.4, 0.5) is 18.9 Å². The number of benzene rings is 1. The number of likely N-dealkylation sites (tertiary alicyclic amines) is 1. The quantitative estimate of drug-likeness (QED) is 0.743. The van der Waals surface area contributed by atoms with Gasteiger partial charge in [0.15, 0.2) is 0 Å². The van der Waals surface area contributed by atoms with Crippen LogP contribution in [0.3, 0.4) is 0 Å². The van der Waals surface area contributed by atoms with Gasteiger partial charge in [0.2, 0.25) is 5.91 Å². The van der Waals surface area contributed by atoms with Crippen LogP contribution in [0.5, 0.6) is 0 Å². The molecule has 178 valence electrons. The molecule has 3 heterocycles. The van der Waals surface area contributed by atoms with E-state index in [1.807, 2.05) is 4.90 Å². The smallest absolute Gasteiger partial charge is 0.371 e. The summed E-state index contributed by atoms with van der Waals surface area (Å²) in [5.74, 6) is -0.555. The number of pyridine rings is 1. The third kappa shape index (κ3) is 4.42. The minimum absolute atomic E-state index is 0.245. The monoisotopic (exact) mass is 471 g/mol. The Morgan fingerprint density at radius 3 is 2.53 bits per heavy atom. The van der Waals surface area contributed by atoms with Gasteiger partial charge in [-0.1, -0.05) is 6.07 Å². The number of nitriles is 1. The molecule has 1 atom stereocenters. The highest BCUT2D eigenvalue weighted by molar-refractivity contribution is 5.96. The fraction of sp³-hybridized carbons (Fsp3) is 0.417. The van der Waals surface area contributed by atoms with E-state index in [0.29, 0.717) is 44.6 Å². The molecule has 1 N–H and O–H groups in total. The predicted molar refractivity (Wildman–Crippen MR) is 118 cm³/mol. The zero-order chi connectivity index (χ0) is 24.5. The number of rotatable bonds is 3. The largest absolute Gasteiger partial charge is 0.417 e. The van der Waals surface area contributed by atoms with Gasteiger partial charge in [0.05, 0.1) is 17.2 Å². The fourth-order valence-electron chi connectivity index (χ4n) is 4.97. The van der Waals surface area contributed by atoms with Gasteiger partial charge in [-0.15, -0.1) is 0 Å². The summed E-state index contributed by atoms with van der Waals surface area (Å²) in [6.07, 6.45) is -1.36. The molecule has 0 saturated carbocycles. The summed E-state index contributed by atoms with van der Waals surface area (Å²) in [4.78, 5) is 33.3. The van der Waals surface area contributed by atoms with Gasteiger partial charge < -0.3 is 15.1 Å². The molecule has 1 aromatic heterocycles. The molecule has 2 aliphatic rings. The highest BCUT2D eigenvalue weighted by atomic mass is 19.4. The topological polar surface area (TPSA) is 89.3 Å². The van der Waals surface area contributed by atoms with Gasteiger partial charge in [-0.25, -0.2) is 0 Å². The number of hydrogen-bond acceptors (Lipinski definition) is 5. The fourth-order valence-corrected chi connectivity index (χ4v) is 4.97. The van der Waals surface area contributed by atoms with Crippen molar-refractivity contribution in [3.63, 3.8) is 0 Å². The van der Waals surface area contributed by atoms with Gasteiger partial charge in [-0.2, -0.15) is 18.4 Å². The maximum absolute atomic E-state index is 13.4. The molecule has 2 amide bonds. The molecule has 10 heteroatoms. The Kier molecular flexibility index (Phi) is 6.21. The van der Waals surface area contributed by atoms with Gasteiger partial charge in [0, 0.05) is 38.6 Å². The van der Waals surface area contributed by atoms with Crippen molar-refractivity contribution < 1.29 is 22.8 Å². The Labute approximate surface area is 195 Å². The summed E-state index contributed by atoms with van der Waals surface area (Å²) in [5.41, 5.74) is -0.984. The lowest BCUT2D eigenvalue weighted by molar-refractivity contribution is -0.137. The van der Waals surface area contributed by atoms with Crippen LogP contribution < -0.4 is 10.2 Å². The Balaban J connectivity index is 1.53. The molecule has 4 rings (SSSR count). The summed E-state index contributed by atoms with van der Waals surface area (Å²) in [5, 5.41) is 11.7. The average molecular weight is 471 g/mol. The van der Waals surface area contributed by atoms with Crippen molar-refractivity contribution in [2.24, 2.45) is 5.41 Å². The standard InChI is InChI=1S/C24H24F3N5O2/c1-29-21(33)20-13-23(15-32(20)22(34)19-4-2-3-9-30-19)7-10-31(11-8-23)17-6-5-16(14-28)18(12-17)24(25,26)27/h2-6,9,12,20H,7-8,10-11,13,15H2,1H3,(H,29,33). The maximum Gasteiger partial charge on any atom is 0.417 e. The number of hydrogen-bond donors (Lipinski definition) is 1. The second-order valence-corrected chi connectivity index (χ2v) is 8.81. The summed E-state index contributed by atoms with van der Waals surface area (Å²) < 4.78 is 40.2. The molecule has 7 nitrogen and oxygen atoms in total. The number of nitrogens with zero attached hydrogens (tertiary/aromatic N) is 4. The number of aromatic nitrogens is 1. The van der Waals surface area contributed by atoms with Crippen molar-refractivity contribution in [2.75, 3.05) is 31.6 Å². The number of carbonyl (C=O) groups is 2. The number of anilines is 1. The number of likely N-dealkylation sites (N-methyl/N-ethyl adjacent to an activating group) is 1. The first kappa shape index (κ1) is 23.5. The SMILES string of the molecule is CNC(=O)C1CC2(CCN(c3ccc(C#N)c(C(F)(F)F)c3)CC2)CN1C(=O)c1ccccn1. The van der Waals surface area contributed by atoms with Crippen molar-refractivity contribution in [2.45, 2.75) is 31.5 Å². The molecule has 34 heavy (non-hydrogen) atoms. The Morgan fingerprint density at radius 1 is 1.21 bits per heavy atom. The zero-order valence-electron chi connectivity index (χ0n) is 18.6. The minimum Gasteiger partial charge on any atom is -0.371 e. The molecule has 1 unspecified atom stereocenters. The van der Waals surface area contributed by atoms with E-state index in [9.17, 15) is 22.8 Å². The Bertz CT molecular complexity index is 1120. The number of carbonyl (C=O) groups excluding carboxylic acids is 2. The first-order valence-corrected chi connectivity index (χ1v) is 11.0. The lowest BCUT2D eigenvalue weighted by Crippen LogP contribution is -2.45. The van der Waals surface area contributed by atoms with Crippen molar-refractivity contribution in [3.8, 4) is 6.07 Å². The van der Waals surface area contributed by atoms with Crippen LogP contribution in [-0.2, 0) is 11.0 Å². The van der Waals surface area contributed by atoms with Crippen LogP contribution in [0.15, 0.2) is 42.6 Å². The lowest BCUT2D eigenvalue weighted by Gasteiger charge is -2.40. The molecular formula is C24H24F3N5O2. The van der Waals surface area contributed by atoms with E-state index in [1.54, 1.807) is 29.2 Å². The molecule has 0 bridgehead atoms. The molecule has 0 aliphatic carbocycles. The number of piperidine rings is 1. The third-order valence-electron chi connectivity index (χ3n) is 6.82. The molecule has 0 radical (unpaired) electrons. The van der Waals surface area contributed by atoms with Crippen LogP contribution in [0.1, 0.15) is 40.9 Å². The molecule has 1 aromatic carbocycles. The normalized spacial score (nSPS) is 19.7. The van der Waals surface area contributed by atoms with Crippen LogP contribution in [-0.4, -0.2) is 54.4 Å². The lowest BCUT2D eigenvalue weighted by atomic mass is 9.76. The van der Waals surface area contributed by atoms with Crippen LogP contribution >= 0.6 is 0 Å². The number of halogens is 3. The number of alkyl halides is 3. The predicted octanol–water partition coefficient (Wildman–Crippen LogP) is 3.22. The second kappa shape index (κ2) is 8.97. The van der Waals surface area contributed by atoms with E-state index in [4.69, 9.17) is 5.26 Å². The zero-order valence-corrected chi connectivity index (χ0v) is 18.6. The van der Waals surface area contributed by atoms with E-state index in [0.717, 1.165) is 6.07 Å². The van der Waals surface area contributed by atoms with E-state index in [-0.39, 0.29) is 22.9 Å². The second-order valence-electron chi connectivity index (χ2n) is 8.81. The average Bonchev–Trinajstić information content (AvgIpc) is 3.22. The highest BCUT2D eigenvalue weighted by Gasteiger charge is 2.50. The van der Waals surface area contributed by atoms with Gasteiger partial charge in [0.25, 0.3) is 5.91 Å². The van der Waals surface area contributed by atoms with Crippen LogP contribution in [0, 0.1) is 16.7 Å². The summed E-state index contributed by atoms with van der Waals surface area (Å²) >= 11 is 0.